The fraction of sp³-hybridized carbons (Fsp3) is 0. The van der Waals surface area contributed by atoms with Crippen LogP contribution in [0.15, 0.2) is 205 Å². The van der Waals surface area contributed by atoms with Crippen molar-refractivity contribution in [3.8, 4) is 5.69 Å². The average molecular weight is 724 g/mol. The van der Waals surface area contributed by atoms with Crippen LogP contribution in [0, 0.1) is 0 Å². The zero-order valence-electron chi connectivity index (χ0n) is 29.7. The third-order valence-corrected chi connectivity index (χ3v) is 11.7. The van der Waals surface area contributed by atoms with Crippen molar-refractivity contribution in [3.63, 3.8) is 0 Å². The molecule has 55 heavy (non-hydrogen) atoms. The first-order valence-corrected chi connectivity index (χ1v) is 19.3. The fourth-order valence-electron chi connectivity index (χ4n) is 8.11. The summed E-state index contributed by atoms with van der Waals surface area (Å²) in [7, 11) is 0. The Morgan fingerprint density at radius 2 is 0.891 bits per heavy atom. The lowest BCUT2D eigenvalue weighted by Crippen LogP contribution is -2.10. The molecule has 5 heteroatoms. The molecule has 0 aliphatic heterocycles. The van der Waals surface area contributed by atoms with Crippen LogP contribution < -0.4 is 9.80 Å². The van der Waals surface area contributed by atoms with Crippen LogP contribution in [0.25, 0.3) is 58.8 Å². The number of aromatic nitrogens is 1. The minimum Gasteiger partial charge on any atom is -0.439 e. The molecule has 11 rings (SSSR count). The molecule has 0 bridgehead atoms. The number of benzene rings is 8. The monoisotopic (exact) mass is 723 g/mol. The van der Waals surface area contributed by atoms with E-state index in [2.05, 4.69) is 215 Å². The van der Waals surface area contributed by atoms with Crippen molar-refractivity contribution < 1.29 is 4.42 Å². The molecule has 0 saturated carbocycles. The van der Waals surface area contributed by atoms with Gasteiger partial charge in [0.25, 0.3) is 0 Å². The van der Waals surface area contributed by atoms with Gasteiger partial charge in [-0.05, 0) is 109 Å². The molecule has 8 aromatic carbocycles. The van der Waals surface area contributed by atoms with Gasteiger partial charge in [0.1, 0.15) is 5.58 Å². The minimum absolute atomic E-state index is 0.828. The normalized spacial score (nSPS) is 11.6. The third kappa shape index (κ3) is 5.20. The number of furan rings is 1. The first-order chi connectivity index (χ1) is 27.3. The summed E-state index contributed by atoms with van der Waals surface area (Å²) in [5.74, 6) is 0. The van der Waals surface area contributed by atoms with Crippen LogP contribution in [0.3, 0.4) is 0 Å². The van der Waals surface area contributed by atoms with Gasteiger partial charge >= 0.3 is 0 Å². The lowest BCUT2D eigenvalue weighted by atomic mass is 10.1. The molecular weight excluding hydrogens is 691 g/mol. The topological polar surface area (TPSA) is 24.6 Å². The van der Waals surface area contributed by atoms with E-state index in [4.69, 9.17) is 4.42 Å². The molecule has 0 saturated heterocycles. The predicted octanol–water partition coefficient (Wildman–Crippen LogP) is 14.8. The van der Waals surface area contributed by atoms with Gasteiger partial charge in [0.2, 0.25) is 5.71 Å². The highest BCUT2D eigenvalue weighted by molar-refractivity contribution is 7.25. The van der Waals surface area contributed by atoms with E-state index < -0.39 is 0 Å². The van der Waals surface area contributed by atoms with E-state index in [1.165, 1.54) is 20.2 Å². The Hall–Kier alpha value is -7.08. The summed E-state index contributed by atoms with van der Waals surface area (Å²) < 4.78 is 11.7. The fourth-order valence-corrected chi connectivity index (χ4v) is 9.19. The number of thiophene rings is 1. The van der Waals surface area contributed by atoms with E-state index in [1.54, 1.807) is 0 Å². The average Bonchev–Trinajstić information content (AvgIpc) is 3.91. The van der Waals surface area contributed by atoms with Gasteiger partial charge in [0.05, 0.1) is 10.9 Å². The van der Waals surface area contributed by atoms with E-state index in [-0.39, 0.29) is 0 Å². The van der Waals surface area contributed by atoms with Crippen molar-refractivity contribution in [2.24, 2.45) is 0 Å². The molecule has 0 aliphatic carbocycles. The summed E-state index contributed by atoms with van der Waals surface area (Å²) in [6.45, 7) is 0. The van der Waals surface area contributed by atoms with Gasteiger partial charge in [-0.1, -0.05) is 91.0 Å². The number of rotatable bonds is 7. The van der Waals surface area contributed by atoms with Crippen LogP contribution in [-0.2, 0) is 0 Å². The SMILES string of the molecule is c1ccc(N(c2ccccc2)c2ccc3oc4c(c3c2)c2ccc(N(c3ccccc3)c3ccc5sc6ccccc6c5c3)cc2n4-c2ccccc2)cc1. The molecule has 4 nitrogen and oxygen atoms in total. The molecule has 0 spiro atoms. The van der Waals surface area contributed by atoms with E-state index in [9.17, 15) is 0 Å². The molecule has 0 aliphatic rings. The predicted molar refractivity (Wildman–Crippen MR) is 233 cm³/mol. The molecule has 0 atom stereocenters. The van der Waals surface area contributed by atoms with Crippen LogP contribution in [0.4, 0.5) is 34.1 Å². The first-order valence-electron chi connectivity index (χ1n) is 18.5. The van der Waals surface area contributed by atoms with Gasteiger partial charge in [0, 0.05) is 70.8 Å². The molecule has 0 unspecified atom stereocenters. The van der Waals surface area contributed by atoms with Crippen LogP contribution in [0.1, 0.15) is 0 Å². The molecule has 0 fully saturated rings. The molecular formula is C50H33N3OS. The molecule has 260 valence electrons. The molecule has 3 heterocycles. The summed E-state index contributed by atoms with van der Waals surface area (Å²) in [4.78, 5) is 4.67. The van der Waals surface area contributed by atoms with Gasteiger partial charge in [0.15, 0.2) is 0 Å². The van der Waals surface area contributed by atoms with Crippen LogP contribution in [0.2, 0.25) is 0 Å². The molecule has 0 amide bonds. The summed E-state index contributed by atoms with van der Waals surface area (Å²) in [5, 5.41) is 5.87. The highest BCUT2D eigenvalue weighted by Gasteiger charge is 2.23. The molecule has 11 aromatic rings. The second kappa shape index (κ2) is 12.8. The molecule has 3 aromatic heterocycles. The summed E-state index contributed by atoms with van der Waals surface area (Å²) in [6.07, 6.45) is 0. The number of para-hydroxylation sites is 4. The number of hydrogen-bond acceptors (Lipinski definition) is 4. The van der Waals surface area contributed by atoms with Crippen molar-refractivity contribution in [2.45, 2.75) is 0 Å². The van der Waals surface area contributed by atoms with E-state index >= 15 is 0 Å². The maximum Gasteiger partial charge on any atom is 0.213 e. The quantitative estimate of drug-likeness (QED) is 0.164. The van der Waals surface area contributed by atoms with Crippen LogP contribution >= 0.6 is 11.3 Å². The van der Waals surface area contributed by atoms with E-state index in [0.29, 0.717) is 0 Å². The Kier molecular flexibility index (Phi) is 7.32. The third-order valence-electron chi connectivity index (χ3n) is 10.5. The zero-order chi connectivity index (χ0) is 36.3. The number of anilines is 6. The lowest BCUT2D eigenvalue weighted by Gasteiger charge is -2.26. The Balaban J connectivity index is 1.15. The standard InChI is InChI=1S/C50H33N3OS/c1-5-15-34(16-6-1)51(35-17-7-2-8-18-35)38-26-29-46-44(32-38)49-42-28-25-40(33-45(42)53(50(49)54-46)37-21-11-4-12-22-37)52(36-19-9-3-10-20-36)39-27-30-48-43(31-39)41-23-13-14-24-47(41)55-48/h1-33H. The molecule has 0 N–H and O–H groups in total. The smallest absolute Gasteiger partial charge is 0.213 e. The Bertz CT molecular complexity index is 3110. The second-order valence-electron chi connectivity index (χ2n) is 13.8. The van der Waals surface area contributed by atoms with Gasteiger partial charge in [-0.15, -0.1) is 11.3 Å². The number of hydrogen-bond donors (Lipinski definition) is 0. The van der Waals surface area contributed by atoms with Gasteiger partial charge in [-0.2, -0.15) is 0 Å². The maximum absolute atomic E-state index is 6.85. The maximum atomic E-state index is 6.85. The Morgan fingerprint density at radius 3 is 1.56 bits per heavy atom. The Labute approximate surface area is 321 Å². The zero-order valence-corrected chi connectivity index (χ0v) is 30.5. The van der Waals surface area contributed by atoms with Crippen LogP contribution in [-0.4, -0.2) is 4.57 Å². The summed E-state index contributed by atoms with van der Waals surface area (Å²) in [6, 6.07) is 71.2. The van der Waals surface area contributed by atoms with Gasteiger partial charge < -0.3 is 14.2 Å². The second-order valence-corrected chi connectivity index (χ2v) is 14.9. The number of nitrogens with zero attached hydrogens (tertiary/aromatic N) is 3. The van der Waals surface area contributed by atoms with Gasteiger partial charge in [-0.25, -0.2) is 0 Å². The summed E-state index contributed by atoms with van der Waals surface area (Å²) in [5.41, 5.74) is 10.3. The number of fused-ring (bicyclic) bond motifs is 8. The lowest BCUT2D eigenvalue weighted by molar-refractivity contribution is 0.645. The van der Waals surface area contributed by atoms with Crippen molar-refractivity contribution >= 4 is 98.6 Å². The van der Waals surface area contributed by atoms with Crippen molar-refractivity contribution in [1.29, 1.82) is 0 Å². The van der Waals surface area contributed by atoms with E-state index in [0.717, 1.165) is 72.8 Å². The summed E-state index contributed by atoms with van der Waals surface area (Å²) >= 11 is 1.84. The van der Waals surface area contributed by atoms with E-state index in [1.807, 2.05) is 11.3 Å². The van der Waals surface area contributed by atoms with Gasteiger partial charge in [-0.3, -0.25) is 4.57 Å². The minimum atomic E-state index is 0.828. The highest BCUT2D eigenvalue weighted by atomic mass is 32.1. The van der Waals surface area contributed by atoms with Crippen molar-refractivity contribution in [2.75, 3.05) is 9.80 Å². The Morgan fingerprint density at radius 1 is 0.382 bits per heavy atom. The highest BCUT2D eigenvalue weighted by Crippen LogP contribution is 2.46. The first kappa shape index (κ1) is 31.4. The molecule has 0 radical (unpaired) electrons. The van der Waals surface area contributed by atoms with Crippen LogP contribution in [0.5, 0.6) is 0 Å². The largest absolute Gasteiger partial charge is 0.439 e. The van der Waals surface area contributed by atoms with Crippen molar-refractivity contribution in [1.82, 2.24) is 4.57 Å². The van der Waals surface area contributed by atoms with Crippen molar-refractivity contribution in [3.05, 3.63) is 200 Å².